The number of likely N-dealkylation sites (tertiary alicyclic amines) is 1. The van der Waals surface area contributed by atoms with Crippen LogP contribution in [0.1, 0.15) is 24.0 Å². The number of aromatic nitrogens is 2. The number of β-amino-alcohol motifs (C(OH)–C–C–N with tert-alkyl or cyclic N) is 1. The number of benzene rings is 1. The quantitative estimate of drug-likeness (QED) is 0.807. The summed E-state index contributed by atoms with van der Waals surface area (Å²) in [6.45, 7) is 5.59. The van der Waals surface area contributed by atoms with E-state index in [2.05, 4.69) is 23.1 Å². The van der Waals surface area contributed by atoms with Gasteiger partial charge in [0.15, 0.2) is 0 Å². The average Bonchev–Trinajstić information content (AvgIpc) is 3.18. The van der Waals surface area contributed by atoms with Crippen LogP contribution < -0.4 is 0 Å². The molecule has 2 aromatic rings. The van der Waals surface area contributed by atoms with Gasteiger partial charge in [0.05, 0.1) is 32.1 Å². The number of aryl methyl sites for hydroxylation is 1. The molecule has 1 aliphatic rings. The Morgan fingerprint density at radius 3 is 2.92 bits per heavy atom. The highest BCUT2D eigenvalue weighted by Gasteiger charge is 2.26. The van der Waals surface area contributed by atoms with Gasteiger partial charge in [-0.3, -0.25) is 9.58 Å². The molecule has 1 fully saturated rings. The molecule has 0 amide bonds. The molecular formula is C19H27N3O2. The van der Waals surface area contributed by atoms with E-state index in [1.807, 2.05) is 41.2 Å². The molecule has 0 aliphatic carbocycles. The molecule has 3 rings (SSSR count). The van der Waals surface area contributed by atoms with E-state index >= 15 is 0 Å². The third kappa shape index (κ3) is 4.90. The third-order valence-electron chi connectivity index (χ3n) is 4.53. The average molecular weight is 329 g/mol. The van der Waals surface area contributed by atoms with E-state index in [0.29, 0.717) is 25.8 Å². The van der Waals surface area contributed by atoms with Crippen molar-refractivity contribution < 1.29 is 9.84 Å². The predicted octanol–water partition coefficient (Wildman–Crippen LogP) is 2.23. The zero-order valence-electron chi connectivity index (χ0n) is 14.3. The van der Waals surface area contributed by atoms with Crippen molar-refractivity contribution in [1.29, 1.82) is 0 Å². The molecular weight excluding hydrogens is 302 g/mol. The van der Waals surface area contributed by atoms with Crippen LogP contribution in [0.25, 0.3) is 0 Å². The largest absolute Gasteiger partial charge is 0.389 e. The van der Waals surface area contributed by atoms with Crippen molar-refractivity contribution in [1.82, 2.24) is 14.7 Å². The lowest BCUT2D eigenvalue weighted by Gasteiger charge is -2.26. The zero-order valence-corrected chi connectivity index (χ0v) is 14.3. The highest BCUT2D eigenvalue weighted by molar-refractivity contribution is 5.13. The van der Waals surface area contributed by atoms with E-state index in [1.165, 1.54) is 12.0 Å². The SMILES string of the molecule is Cc1cnn(C[C@@H]2CCCN2C[C@@H](O)COCc2ccccc2)c1. The number of aliphatic hydroxyl groups excluding tert-OH is 1. The number of ether oxygens (including phenoxy) is 1. The lowest BCUT2D eigenvalue weighted by molar-refractivity contribution is 0.00666. The number of aliphatic hydroxyl groups is 1. The first-order valence-corrected chi connectivity index (χ1v) is 8.73. The Bertz CT molecular complexity index is 614. The lowest BCUT2D eigenvalue weighted by Crippen LogP contribution is -2.40. The molecule has 1 aromatic heterocycles. The van der Waals surface area contributed by atoms with E-state index < -0.39 is 6.10 Å². The summed E-state index contributed by atoms with van der Waals surface area (Å²) in [6, 6.07) is 10.5. The molecule has 0 bridgehead atoms. The molecule has 0 spiro atoms. The molecule has 24 heavy (non-hydrogen) atoms. The molecule has 1 saturated heterocycles. The highest BCUT2D eigenvalue weighted by atomic mass is 16.5. The Hall–Kier alpha value is -1.69. The third-order valence-corrected chi connectivity index (χ3v) is 4.53. The van der Waals surface area contributed by atoms with Crippen molar-refractivity contribution in [3.63, 3.8) is 0 Å². The van der Waals surface area contributed by atoms with Crippen LogP contribution in [0.2, 0.25) is 0 Å². The second kappa shape index (κ2) is 8.42. The van der Waals surface area contributed by atoms with Crippen LogP contribution in [-0.2, 0) is 17.9 Å². The minimum absolute atomic E-state index is 0.374. The van der Waals surface area contributed by atoms with Gasteiger partial charge in [0.1, 0.15) is 0 Å². The Morgan fingerprint density at radius 1 is 1.33 bits per heavy atom. The first kappa shape index (κ1) is 17.1. The summed E-state index contributed by atoms with van der Waals surface area (Å²) >= 11 is 0. The summed E-state index contributed by atoms with van der Waals surface area (Å²) in [5.74, 6) is 0. The van der Waals surface area contributed by atoms with Crippen molar-refractivity contribution in [2.45, 2.75) is 45.1 Å². The maximum Gasteiger partial charge on any atom is 0.0900 e. The highest BCUT2D eigenvalue weighted by Crippen LogP contribution is 2.19. The number of rotatable bonds is 8. The molecule has 130 valence electrons. The van der Waals surface area contributed by atoms with Gasteiger partial charge in [-0.25, -0.2) is 0 Å². The van der Waals surface area contributed by atoms with Gasteiger partial charge >= 0.3 is 0 Å². The van der Waals surface area contributed by atoms with Crippen LogP contribution >= 0.6 is 0 Å². The van der Waals surface area contributed by atoms with Gasteiger partial charge in [-0.2, -0.15) is 5.10 Å². The molecule has 5 nitrogen and oxygen atoms in total. The maximum atomic E-state index is 10.3. The van der Waals surface area contributed by atoms with Crippen molar-refractivity contribution in [3.8, 4) is 0 Å². The van der Waals surface area contributed by atoms with E-state index in [-0.39, 0.29) is 0 Å². The molecule has 0 radical (unpaired) electrons. The number of nitrogens with zero attached hydrogens (tertiary/aromatic N) is 3. The lowest BCUT2D eigenvalue weighted by atomic mass is 10.2. The van der Waals surface area contributed by atoms with Crippen molar-refractivity contribution >= 4 is 0 Å². The van der Waals surface area contributed by atoms with Gasteiger partial charge in [0, 0.05) is 18.8 Å². The summed E-state index contributed by atoms with van der Waals surface area (Å²) < 4.78 is 7.66. The van der Waals surface area contributed by atoms with Crippen LogP contribution in [0.4, 0.5) is 0 Å². The summed E-state index contributed by atoms with van der Waals surface area (Å²) in [5, 5.41) is 14.7. The molecule has 1 aliphatic heterocycles. The standard InChI is InChI=1S/C19H27N3O2/c1-16-10-20-22(11-16)12-18-8-5-9-21(18)13-19(23)15-24-14-17-6-3-2-4-7-17/h2-4,6-7,10-11,18-19,23H,5,8-9,12-15H2,1H3/t18-,19+/m0/s1. The van der Waals surface area contributed by atoms with Crippen LogP contribution in [0.3, 0.4) is 0 Å². The van der Waals surface area contributed by atoms with E-state index in [4.69, 9.17) is 4.74 Å². The van der Waals surface area contributed by atoms with Gasteiger partial charge < -0.3 is 9.84 Å². The summed E-state index contributed by atoms with van der Waals surface area (Å²) in [5.41, 5.74) is 2.33. The fourth-order valence-corrected chi connectivity index (χ4v) is 3.34. The first-order chi connectivity index (χ1) is 11.7. The Labute approximate surface area is 143 Å². The van der Waals surface area contributed by atoms with Gasteiger partial charge in [-0.15, -0.1) is 0 Å². The first-order valence-electron chi connectivity index (χ1n) is 8.73. The van der Waals surface area contributed by atoms with Gasteiger partial charge in [0.2, 0.25) is 0 Å². The number of hydrogen-bond acceptors (Lipinski definition) is 4. The normalized spacial score (nSPS) is 19.7. The van der Waals surface area contributed by atoms with E-state index in [0.717, 1.165) is 25.1 Å². The van der Waals surface area contributed by atoms with Gasteiger partial charge in [-0.05, 0) is 37.4 Å². The minimum atomic E-state index is -0.450. The fourth-order valence-electron chi connectivity index (χ4n) is 3.34. The van der Waals surface area contributed by atoms with Crippen LogP contribution in [0, 0.1) is 6.92 Å². The van der Waals surface area contributed by atoms with Crippen molar-refractivity contribution in [2.75, 3.05) is 19.7 Å². The summed E-state index contributed by atoms with van der Waals surface area (Å²) in [6.07, 6.45) is 5.87. The van der Waals surface area contributed by atoms with Gasteiger partial charge in [0.25, 0.3) is 0 Å². The van der Waals surface area contributed by atoms with Crippen molar-refractivity contribution in [2.24, 2.45) is 0 Å². The molecule has 5 heteroatoms. The Balaban J connectivity index is 1.42. The van der Waals surface area contributed by atoms with E-state index in [1.54, 1.807) is 0 Å². The summed E-state index contributed by atoms with van der Waals surface area (Å²) in [7, 11) is 0. The fraction of sp³-hybridized carbons (Fsp3) is 0.526. The molecule has 0 saturated carbocycles. The molecule has 2 atom stereocenters. The maximum absolute atomic E-state index is 10.3. The Morgan fingerprint density at radius 2 is 2.17 bits per heavy atom. The molecule has 2 heterocycles. The monoisotopic (exact) mass is 329 g/mol. The smallest absolute Gasteiger partial charge is 0.0900 e. The van der Waals surface area contributed by atoms with Crippen LogP contribution in [-0.4, -0.2) is 51.6 Å². The van der Waals surface area contributed by atoms with Crippen molar-refractivity contribution in [3.05, 3.63) is 53.9 Å². The van der Waals surface area contributed by atoms with E-state index in [9.17, 15) is 5.11 Å². The van der Waals surface area contributed by atoms with Crippen LogP contribution in [0.5, 0.6) is 0 Å². The topological polar surface area (TPSA) is 50.5 Å². The predicted molar refractivity (Wildman–Crippen MR) is 93.7 cm³/mol. The zero-order chi connectivity index (χ0) is 16.8. The number of hydrogen-bond donors (Lipinski definition) is 1. The second-order valence-electron chi connectivity index (χ2n) is 6.69. The van der Waals surface area contributed by atoms with Gasteiger partial charge in [-0.1, -0.05) is 30.3 Å². The van der Waals surface area contributed by atoms with Crippen LogP contribution in [0.15, 0.2) is 42.7 Å². The second-order valence-corrected chi connectivity index (χ2v) is 6.69. The minimum Gasteiger partial charge on any atom is -0.389 e. The molecule has 1 aromatic carbocycles. The molecule has 0 unspecified atom stereocenters. The summed E-state index contributed by atoms with van der Waals surface area (Å²) in [4.78, 5) is 2.37. The molecule has 1 N–H and O–H groups in total. The Kier molecular flexibility index (Phi) is 6.01.